The zero-order valence-corrected chi connectivity index (χ0v) is 19.6. The molecule has 1 fully saturated rings. The summed E-state index contributed by atoms with van der Waals surface area (Å²) in [6, 6.07) is 14.3. The summed E-state index contributed by atoms with van der Waals surface area (Å²) < 4.78 is 21.5. The molecule has 1 saturated carbocycles. The molecule has 0 bridgehead atoms. The van der Waals surface area contributed by atoms with E-state index >= 15 is 0 Å². The first-order valence-electron chi connectivity index (χ1n) is 11.4. The third-order valence-electron chi connectivity index (χ3n) is 6.12. The van der Waals surface area contributed by atoms with Crippen LogP contribution in [0.25, 0.3) is 16.6 Å². The highest BCUT2D eigenvalue weighted by Gasteiger charge is 2.19. The Morgan fingerprint density at radius 3 is 2.77 bits per heavy atom. The van der Waals surface area contributed by atoms with Crippen molar-refractivity contribution in [2.75, 3.05) is 0 Å². The highest BCUT2D eigenvalue weighted by molar-refractivity contribution is 7.71. The highest BCUT2D eigenvalue weighted by Crippen LogP contribution is 2.25. The highest BCUT2D eigenvalue weighted by atomic mass is 32.1. The van der Waals surface area contributed by atoms with Crippen molar-refractivity contribution in [1.82, 2.24) is 19.9 Å². The quantitative estimate of drug-likeness (QED) is 0.378. The smallest absolute Gasteiger partial charge is 0.266 e. The van der Waals surface area contributed by atoms with E-state index in [1.807, 2.05) is 6.07 Å². The number of aromatic amines is 1. The summed E-state index contributed by atoms with van der Waals surface area (Å²) >= 11 is 5.32. The Labute approximate surface area is 205 Å². The van der Waals surface area contributed by atoms with Gasteiger partial charge in [-0.05, 0) is 74.3 Å². The summed E-state index contributed by atoms with van der Waals surface area (Å²) in [6.07, 6.45) is 6.17. The molecule has 0 radical (unpaired) electrons. The van der Waals surface area contributed by atoms with Crippen molar-refractivity contribution >= 4 is 29.0 Å². The Kier molecular flexibility index (Phi) is 6.41. The number of H-pyrrole nitrogens is 1. The van der Waals surface area contributed by atoms with Crippen LogP contribution in [-0.2, 0) is 6.54 Å². The van der Waals surface area contributed by atoms with Gasteiger partial charge in [0.05, 0.1) is 16.6 Å². The number of halogens is 1. The summed E-state index contributed by atoms with van der Waals surface area (Å²) in [5.41, 5.74) is 1.14. The molecule has 1 amide bonds. The van der Waals surface area contributed by atoms with Crippen LogP contribution in [0, 0.1) is 10.6 Å². The summed E-state index contributed by atoms with van der Waals surface area (Å²) in [7, 11) is 0. The lowest BCUT2D eigenvalue weighted by Gasteiger charge is -2.15. The van der Waals surface area contributed by atoms with E-state index in [0.29, 0.717) is 17.0 Å². The van der Waals surface area contributed by atoms with Gasteiger partial charge in [0.2, 0.25) is 5.88 Å². The third kappa shape index (κ3) is 4.72. The minimum atomic E-state index is -0.559. The van der Waals surface area contributed by atoms with E-state index in [-0.39, 0.29) is 34.4 Å². The largest absolute Gasteiger partial charge is 0.474 e. The molecule has 1 aliphatic rings. The zero-order chi connectivity index (χ0) is 24.4. The summed E-state index contributed by atoms with van der Waals surface area (Å²) in [4.78, 5) is 33.2. The zero-order valence-electron chi connectivity index (χ0n) is 18.8. The number of aromatic nitrogens is 3. The summed E-state index contributed by atoms with van der Waals surface area (Å²) in [6.45, 7) is 0.248. The first-order valence-corrected chi connectivity index (χ1v) is 11.8. The van der Waals surface area contributed by atoms with Crippen LogP contribution in [0.1, 0.15) is 41.6 Å². The average Bonchev–Trinajstić information content (AvgIpc) is 3.37. The second-order valence-corrected chi connectivity index (χ2v) is 8.84. The molecule has 0 aliphatic heterocycles. The van der Waals surface area contributed by atoms with Gasteiger partial charge >= 0.3 is 0 Å². The maximum Gasteiger partial charge on any atom is 0.266 e. The molecule has 0 unspecified atom stereocenters. The normalized spacial score (nSPS) is 13.7. The SMILES string of the molecule is O=C(NCc1cccnc1OC1CCCC1)c1ccc2c(=O)n(-c3ccccc3F)c(=S)[nH]c2c1. The number of nitrogens with one attached hydrogen (secondary N) is 2. The van der Waals surface area contributed by atoms with E-state index in [1.54, 1.807) is 30.5 Å². The number of nitrogens with zero attached hydrogens (tertiary/aromatic N) is 2. The fourth-order valence-electron chi connectivity index (χ4n) is 4.32. The molecule has 2 heterocycles. The van der Waals surface area contributed by atoms with Crippen LogP contribution in [-0.4, -0.2) is 26.5 Å². The molecule has 178 valence electrons. The second kappa shape index (κ2) is 9.79. The van der Waals surface area contributed by atoms with Gasteiger partial charge in [0, 0.05) is 23.9 Å². The number of carbonyl (C=O) groups excluding carboxylic acids is 1. The van der Waals surface area contributed by atoms with Crippen LogP contribution in [0.3, 0.4) is 0 Å². The molecular weight excluding hydrogens is 467 g/mol. The first kappa shape index (κ1) is 22.9. The van der Waals surface area contributed by atoms with E-state index in [1.165, 1.54) is 24.3 Å². The van der Waals surface area contributed by atoms with Gasteiger partial charge < -0.3 is 15.0 Å². The lowest BCUT2D eigenvalue weighted by Crippen LogP contribution is -2.25. The predicted octanol–water partition coefficient (Wildman–Crippen LogP) is 4.83. The molecule has 0 spiro atoms. The van der Waals surface area contributed by atoms with Crippen molar-refractivity contribution in [1.29, 1.82) is 0 Å². The fourth-order valence-corrected chi connectivity index (χ4v) is 4.61. The van der Waals surface area contributed by atoms with Gasteiger partial charge in [0.25, 0.3) is 11.5 Å². The van der Waals surface area contributed by atoms with Gasteiger partial charge in [-0.1, -0.05) is 18.2 Å². The molecule has 5 rings (SSSR count). The maximum absolute atomic E-state index is 14.3. The van der Waals surface area contributed by atoms with E-state index in [4.69, 9.17) is 17.0 Å². The van der Waals surface area contributed by atoms with Crippen LogP contribution >= 0.6 is 12.2 Å². The minimum absolute atomic E-state index is 0.0363. The average molecular weight is 491 g/mol. The van der Waals surface area contributed by atoms with Gasteiger partial charge in [-0.25, -0.2) is 13.9 Å². The van der Waals surface area contributed by atoms with Gasteiger partial charge in [-0.2, -0.15) is 0 Å². The number of amides is 1. The van der Waals surface area contributed by atoms with Crippen molar-refractivity contribution in [3.63, 3.8) is 0 Å². The van der Waals surface area contributed by atoms with Crippen molar-refractivity contribution in [3.05, 3.63) is 92.9 Å². The number of para-hydroxylation sites is 1. The number of ether oxygens (including phenoxy) is 1. The Bertz CT molecular complexity index is 1530. The molecule has 4 aromatic rings. The number of fused-ring (bicyclic) bond motifs is 1. The summed E-state index contributed by atoms with van der Waals surface area (Å²) in [5.74, 6) is -0.340. The fraction of sp³-hybridized carbons (Fsp3) is 0.231. The lowest BCUT2D eigenvalue weighted by molar-refractivity contribution is 0.0950. The molecule has 2 aromatic carbocycles. The van der Waals surface area contributed by atoms with E-state index in [2.05, 4.69) is 15.3 Å². The van der Waals surface area contributed by atoms with Crippen LogP contribution in [0.4, 0.5) is 4.39 Å². The van der Waals surface area contributed by atoms with Gasteiger partial charge in [0.1, 0.15) is 11.9 Å². The van der Waals surface area contributed by atoms with Crippen LogP contribution in [0.2, 0.25) is 0 Å². The van der Waals surface area contributed by atoms with Gasteiger partial charge in [-0.15, -0.1) is 0 Å². The van der Waals surface area contributed by atoms with Crippen molar-refractivity contribution in [2.45, 2.75) is 38.3 Å². The Hall–Kier alpha value is -3.85. The second-order valence-electron chi connectivity index (χ2n) is 8.46. The monoisotopic (exact) mass is 490 g/mol. The Morgan fingerprint density at radius 1 is 1.17 bits per heavy atom. The molecule has 35 heavy (non-hydrogen) atoms. The van der Waals surface area contributed by atoms with Crippen molar-refractivity contribution in [2.24, 2.45) is 0 Å². The number of rotatable bonds is 6. The van der Waals surface area contributed by atoms with Crippen LogP contribution in [0.5, 0.6) is 5.88 Å². The number of benzene rings is 2. The van der Waals surface area contributed by atoms with Crippen LogP contribution < -0.4 is 15.6 Å². The topological polar surface area (TPSA) is 89.0 Å². The lowest BCUT2D eigenvalue weighted by atomic mass is 10.1. The standard InChI is InChI=1S/C26H23FN4O3S/c27-20-9-3-4-10-22(20)31-25(33)19-12-11-16(14-21(19)30-26(31)35)23(32)29-15-17-6-5-13-28-24(17)34-18-7-1-2-8-18/h3-6,9-14,18H,1-2,7-8,15H2,(H,29,32)(H,30,35). The molecule has 2 aromatic heterocycles. The van der Waals surface area contributed by atoms with Crippen molar-refractivity contribution in [3.8, 4) is 11.6 Å². The third-order valence-corrected chi connectivity index (χ3v) is 6.41. The van der Waals surface area contributed by atoms with E-state index < -0.39 is 11.4 Å². The predicted molar refractivity (Wildman–Crippen MR) is 133 cm³/mol. The first-order chi connectivity index (χ1) is 17.0. The van der Waals surface area contributed by atoms with Gasteiger partial charge in [0.15, 0.2) is 4.77 Å². The summed E-state index contributed by atoms with van der Waals surface area (Å²) in [5, 5.41) is 3.18. The molecule has 0 atom stereocenters. The maximum atomic E-state index is 14.3. The number of pyridine rings is 1. The number of hydrogen-bond donors (Lipinski definition) is 2. The van der Waals surface area contributed by atoms with Crippen LogP contribution in [0.15, 0.2) is 65.6 Å². The van der Waals surface area contributed by atoms with E-state index in [9.17, 15) is 14.0 Å². The van der Waals surface area contributed by atoms with Crippen molar-refractivity contribution < 1.29 is 13.9 Å². The van der Waals surface area contributed by atoms with Gasteiger partial charge in [-0.3, -0.25) is 9.59 Å². The minimum Gasteiger partial charge on any atom is -0.474 e. The molecule has 9 heteroatoms. The Morgan fingerprint density at radius 2 is 1.97 bits per heavy atom. The molecule has 0 saturated heterocycles. The number of hydrogen-bond acceptors (Lipinski definition) is 5. The molecule has 7 nitrogen and oxygen atoms in total. The van der Waals surface area contributed by atoms with E-state index in [0.717, 1.165) is 35.8 Å². The molecule has 2 N–H and O–H groups in total. The molecule has 1 aliphatic carbocycles. The molecular formula is C26H23FN4O3S. The Balaban J connectivity index is 1.38. The number of carbonyl (C=O) groups is 1.